The molecule has 1 aliphatic heterocycles. The Morgan fingerprint density at radius 2 is 1.96 bits per heavy atom. The van der Waals surface area contributed by atoms with E-state index in [9.17, 15) is 9.18 Å². The molecule has 0 saturated carbocycles. The summed E-state index contributed by atoms with van der Waals surface area (Å²) < 4.78 is 13.6. The Morgan fingerprint density at radius 3 is 2.67 bits per heavy atom. The lowest BCUT2D eigenvalue weighted by Crippen LogP contribution is -2.25. The number of carbonyl (C=O) groups is 1. The van der Waals surface area contributed by atoms with Crippen molar-refractivity contribution in [2.75, 3.05) is 18.0 Å². The summed E-state index contributed by atoms with van der Waals surface area (Å²) in [5.74, 6) is 0.760. The summed E-state index contributed by atoms with van der Waals surface area (Å²) in [6, 6.07) is 6.42. The van der Waals surface area contributed by atoms with E-state index in [4.69, 9.17) is 0 Å². The van der Waals surface area contributed by atoms with Gasteiger partial charge in [0.2, 0.25) is 0 Å². The van der Waals surface area contributed by atoms with Crippen molar-refractivity contribution in [3.8, 4) is 0 Å². The minimum atomic E-state index is -0.384. The van der Waals surface area contributed by atoms with Gasteiger partial charge in [-0.15, -0.1) is 0 Å². The molecule has 0 radical (unpaired) electrons. The van der Waals surface area contributed by atoms with Gasteiger partial charge in [0.05, 0.1) is 6.54 Å². The number of nitrogens with one attached hydrogen (secondary N) is 1. The van der Waals surface area contributed by atoms with Crippen LogP contribution >= 0.6 is 0 Å². The highest BCUT2D eigenvalue weighted by Gasteiger charge is 2.15. The highest BCUT2D eigenvalue weighted by Crippen LogP contribution is 2.18. The van der Waals surface area contributed by atoms with Crippen molar-refractivity contribution in [2.24, 2.45) is 0 Å². The monoisotopic (exact) mass is 328 g/mol. The predicted octanol–water partition coefficient (Wildman–Crippen LogP) is 2.76. The quantitative estimate of drug-likeness (QED) is 0.937. The molecule has 3 rings (SSSR count). The molecule has 0 aliphatic carbocycles. The highest BCUT2D eigenvalue weighted by molar-refractivity contribution is 5.94. The maximum atomic E-state index is 13.6. The molecule has 2 heterocycles. The first-order valence-corrected chi connectivity index (χ1v) is 8.17. The predicted molar refractivity (Wildman–Crippen MR) is 90.5 cm³/mol. The molecule has 1 fully saturated rings. The SMILES string of the molecule is Cc1cc(N2CCCC2)nc(CNC(=O)c2ccc(C)c(F)c2)n1. The molecule has 1 aliphatic rings. The Labute approximate surface area is 140 Å². The number of hydrogen-bond donors (Lipinski definition) is 1. The lowest BCUT2D eigenvalue weighted by atomic mass is 10.1. The minimum Gasteiger partial charge on any atom is -0.357 e. The summed E-state index contributed by atoms with van der Waals surface area (Å²) in [6.45, 7) is 5.81. The van der Waals surface area contributed by atoms with Crippen molar-refractivity contribution in [1.29, 1.82) is 0 Å². The minimum absolute atomic E-state index is 0.219. The first-order chi connectivity index (χ1) is 11.5. The molecule has 0 spiro atoms. The van der Waals surface area contributed by atoms with E-state index in [1.807, 2.05) is 13.0 Å². The van der Waals surface area contributed by atoms with E-state index in [0.29, 0.717) is 17.0 Å². The van der Waals surface area contributed by atoms with Crippen LogP contribution in [-0.2, 0) is 6.54 Å². The van der Waals surface area contributed by atoms with Crippen LogP contribution in [0.4, 0.5) is 10.2 Å². The van der Waals surface area contributed by atoms with E-state index >= 15 is 0 Å². The molecule has 0 bridgehead atoms. The van der Waals surface area contributed by atoms with E-state index < -0.39 is 0 Å². The molecule has 1 saturated heterocycles. The Kier molecular flexibility index (Phi) is 4.74. The average Bonchev–Trinajstić information content (AvgIpc) is 3.09. The second kappa shape index (κ2) is 6.95. The number of rotatable bonds is 4. The van der Waals surface area contributed by atoms with Gasteiger partial charge in [0.1, 0.15) is 17.5 Å². The normalized spacial score (nSPS) is 14.0. The van der Waals surface area contributed by atoms with Crippen LogP contribution in [-0.4, -0.2) is 29.0 Å². The van der Waals surface area contributed by atoms with Crippen LogP contribution in [0, 0.1) is 19.7 Å². The molecule has 5 nitrogen and oxygen atoms in total. The molecule has 1 aromatic carbocycles. The van der Waals surface area contributed by atoms with E-state index in [1.165, 1.54) is 18.9 Å². The summed E-state index contributed by atoms with van der Waals surface area (Å²) in [5.41, 5.74) is 1.69. The number of carbonyl (C=O) groups excluding carboxylic acids is 1. The molecule has 0 unspecified atom stereocenters. The molecule has 6 heteroatoms. The molecule has 2 aromatic rings. The topological polar surface area (TPSA) is 58.1 Å². The zero-order chi connectivity index (χ0) is 17.1. The Balaban J connectivity index is 1.69. The van der Waals surface area contributed by atoms with Crippen LogP contribution in [0.2, 0.25) is 0 Å². The van der Waals surface area contributed by atoms with Gasteiger partial charge >= 0.3 is 0 Å². The molecule has 0 atom stereocenters. The molecule has 1 aromatic heterocycles. The number of aryl methyl sites for hydroxylation is 2. The lowest BCUT2D eigenvalue weighted by molar-refractivity contribution is 0.0949. The molecule has 1 N–H and O–H groups in total. The summed E-state index contributed by atoms with van der Waals surface area (Å²) in [4.78, 5) is 23.3. The van der Waals surface area contributed by atoms with Crippen LogP contribution in [0.25, 0.3) is 0 Å². The highest BCUT2D eigenvalue weighted by atomic mass is 19.1. The van der Waals surface area contributed by atoms with Gasteiger partial charge in [-0.05, 0) is 44.4 Å². The third kappa shape index (κ3) is 3.69. The fraction of sp³-hybridized carbons (Fsp3) is 0.389. The number of anilines is 1. The van der Waals surface area contributed by atoms with Crippen molar-refractivity contribution < 1.29 is 9.18 Å². The number of halogens is 1. The van der Waals surface area contributed by atoms with Gasteiger partial charge in [-0.1, -0.05) is 6.07 Å². The van der Waals surface area contributed by atoms with Gasteiger partial charge in [0, 0.05) is 30.4 Å². The third-order valence-corrected chi connectivity index (χ3v) is 4.16. The largest absolute Gasteiger partial charge is 0.357 e. The van der Waals surface area contributed by atoms with Gasteiger partial charge in [-0.3, -0.25) is 4.79 Å². The molecule has 126 valence electrons. The second-order valence-electron chi connectivity index (χ2n) is 6.12. The molecule has 24 heavy (non-hydrogen) atoms. The number of aromatic nitrogens is 2. The van der Waals surface area contributed by atoms with Crippen molar-refractivity contribution in [2.45, 2.75) is 33.2 Å². The number of hydrogen-bond acceptors (Lipinski definition) is 4. The Morgan fingerprint density at radius 1 is 1.21 bits per heavy atom. The van der Waals surface area contributed by atoms with Gasteiger partial charge in [-0.25, -0.2) is 14.4 Å². The van der Waals surface area contributed by atoms with Crippen LogP contribution in [0.15, 0.2) is 24.3 Å². The number of amides is 1. The second-order valence-corrected chi connectivity index (χ2v) is 6.12. The van der Waals surface area contributed by atoms with Gasteiger partial charge in [0.15, 0.2) is 0 Å². The van der Waals surface area contributed by atoms with Crippen LogP contribution in [0.1, 0.15) is 40.3 Å². The smallest absolute Gasteiger partial charge is 0.251 e. The van der Waals surface area contributed by atoms with Crippen LogP contribution in [0.3, 0.4) is 0 Å². The van der Waals surface area contributed by atoms with E-state index in [-0.39, 0.29) is 18.3 Å². The standard InChI is InChI=1S/C18H21FN4O/c1-12-5-6-14(10-15(12)19)18(24)20-11-16-21-13(2)9-17(22-16)23-7-3-4-8-23/h5-6,9-10H,3-4,7-8,11H2,1-2H3,(H,20,24). The first kappa shape index (κ1) is 16.4. The van der Waals surface area contributed by atoms with E-state index in [2.05, 4.69) is 20.2 Å². The van der Waals surface area contributed by atoms with Crippen LogP contribution < -0.4 is 10.2 Å². The number of benzene rings is 1. The van der Waals surface area contributed by atoms with Crippen molar-refractivity contribution >= 4 is 11.7 Å². The lowest BCUT2D eigenvalue weighted by Gasteiger charge is -2.17. The average molecular weight is 328 g/mol. The van der Waals surface area contributed by atoms with Gasteiger partial charge in [0.25, 0.3) is 5.91 Å². The number of nitrogens with zero attached hydrogens (tertiary/aromatic N) is 3. The zero-order valence-electron chi connectivity index (χ0n) is 14.0. The Hall–Kier alpha value is -2.50. The summed E-state index contributed by atoms with van der Waals surface area (Å²) >= 11 is 0. The summed E-state index contributed by atoms with van der Waals surface area (Å²) in [7, 11) is 0. The van der Waals surface area contributed by atoms with Crippen molar-refractivity contribution in [3.05, 3.63) is 52.7 Å². The van der Waals surface area contributed by atoms with Crippen molar-refractivity contribution in [1.82, 2.24) is 15.3 Å². The van der Waals surface area contributed by atoms with Crippen LogP contribution in [0.5, 0.6) is 0 Å². The first-order valence-electron chi connectivity index (χ1n) is 8.17. The molecule has 1 amide bonds. The maximum Gasteiger partial charge on any atom is 0.251 e. The van der Waals surface area contributed by atoms with E-state index in [0.717, 1.165) is 24.6 Å². The van der Waals surface area contributed by atoms with Gasteiger partial charge in [-0.2, -0.15) is 0 Å². The summed E-state index contributed by atoms with van der Waals surface area (Å²) in [6.07, 6.45) is 2.35. The maximum absolute atomic E-state index is 13.6. The third-order valence-electron chi connectivity index (χ3n) is 4.16. The fourth-order valence-corrected chi connectivity index (χ4v) is 2.79. The summed E-state index contributed by atoms with van der Waals surface area (Å²) in [5, 5.41) is 2.76. The Bertz CT molecular complexity index is 757. The van der Waals surface area contributed by atoms with Crippen molar-refractivity contribution in [3.63, 3.8) is 0 Å². The zero-order valence-corrected chi connectivity index (χ0v) is 14.0. The van der Waals surface area contributed by atoms with Gasteiger partial charge < -0.3 is 10.2 Å². The van der Waals surface area contributed by atoms with E-state index in [1.54, 1.807) is 19.1 Å². The fourth-order valence-electron chi connectivity index (χ4n) is 2.79. The molecular formula is C18H21FN4O. The molecular weight excluding hydrogens is 307 g/mol.